The predicted octanol–water partition coefficient (Wildman–Crippen LogP) is 3.88. The second kappa shape index (κ2) is 7.97. The lowest BCUT2D eigenvalue weighted by molar-refractivity contribution is -0.118. The second-order valence-electron chi connectivity index (χ2n) is 5.81. The van der Waals surface area contributed by atoms with Gasteiger partial charge in [-0.25, -0.2) is 9.78 Å². The number of fused-ring (bicyclic) bond motifs is 1. The van der Waals surface area contributed by atoms with Gasteiger partial charge in [-0.2, -0.15) is 0 Å². The Kier molecular flexibility index (Phi) is 5.48. The van der Waals surface area contributed by atoms with E-state index in [1.807, 2.05) is 18.2 Å². The molecule has 1 N–H and O–H groups in total. The molecule has 0 fully saturated rings. The van der Waals surface area contributed by atoms with E-state index < -0.39 is 0 Å². The molecule has 1 aromatic heterocycles. The van der Waals surface area contributed by atoms with E-state index in [2.05, 4.69) is 10.3 Å². The van der Waals surface area contributed by atoms with Crippen molar-refractivity contribution >= 4 is 38.6 Å². The van der Waals surface area contributed by atoms with Crippen LogP contribution in [-0.4, -0.2) is 29.6 Å². The number of ether oxygens (including phenoxy) is 2. The van der Waals surface area contributed by atoms with E-state index in [0.29, 0.717) is 22.0 Å². The summed E-state index contributed by atoms with van der Waals surface area (Å²) < 4.78 is 11.4. The highest BCUT2D eigenvalue weighted by molar-refractivity contribution is 7.22. The normalized spacial score (nSPS) is 10.7. The number of anilines is 1. The number of aromatic nitrogens is 1. The lowest BCUT2D eigenvalue weighted by Gasteiger charge is -2.07. The summed E-state index contributed by atoms with van der Waals surface area (Å²) in [5.41, 5.74) is 1.16. The smallest absolute Gasteiger partial charge is 0.338 e. The Labute approximate surface area is 154 Å². The quantitative estimate of drug-likeness (QED) is 0.666. The van der Waals surface area contributed by atoms with E-state index in [1.54, 1.807) is 44.2 Å². The molecule has 0 aliphatic heterocycles. The monoisotopic (exact) mass is 370 g/mol. The van der Waals surface area contributed by atoms with Crippen LogP contribution in [0.25, 0.3) is 10.2 Å². The molecule has 0 aliphatic rings. The molecule has 0 saturated heterocycles. The van der Waals surface area contributed by atoms with E-state index in [1.165, 1.54) is 11.3 Å². The number of carbonyl (C=O) groups is 2. The summed E-state index contributed by atoms with van der Waals surface area (Å²) in [5, 5.41) is 3.16. The first kappa shape index (κ1) is 17.9. The summed E-state index contributed by atoms with van der Waals surface area (Å²) >= 11 is 1.29. The average molecular weight is 370 g/mol. The Morgan fingerprint density at radius 2 is 1.92 bits per heavy atom. The molecule has 0 aliphatic carbocycles. The zero-order chi connectivity index (χ0) is 18.5. The van der Waals surface area contributed by atoms with Gasteiger partial charge in [-0.3, -0.25) is 10.1 Å². The van der Waals surface area contributed by atoms with Gasteiger partial charge in [0.1, 0.15) is 5.75 Å². The Balaban J connectivity index is 1.65. The molecule has 3 rings (SSSR count). The molecule has 0 unspecified atom stereocenters. The highest BCUT2D eigenvalue weighted by atomic mass is 32.1. The Bertz CT molecular complexity index is 922. The molecule has 0 atom stereocenters. The number of benzene rings is 2. The van der Waals surface area contributed by atoms with Crippen LogP contribution in [0.2, 0.25) is 0 Å². The van der Waals surface area contributed by atoms with Gasteiger partial charge in [0.15, 0.2) is 11.7 Å². The first-order valence-electron chi connectivity index (χ1n) is 8.10. The van der Waals surface area contributed by atoms with Gasteiger partial charge >= 0.3 is 5.97 Å². The second-order valence-corrected chi connectivity index (χ2v) is 6.84. The number of thiazole rings is 1. The largest absolute Gasteiger partial charge is 0.484 e. The number of hydrogen-bond donors (Lipinski definition) is 1. The van der Waals surface area contributed by atoms with Gasteiger partial charge in [0, 0.05) is 0 Å². The van der Waals surface area contributed by atoms with Crippen LogP contribution < -0.4 is 10.1 Å². The molecule has 26 heavy (non-hydrogen) atoms. The molecule has 1 amide bonds. The van der Waals surface area contributed by atoms with Crippen molar-refractivity contribution in [1.29, 1.82) is 0 Å². The highest BCUT2D eigenvalue weighted by Crippen LogP contribution is 2.27. The summed E-state index contributed by atoms with van der Waals surface area (Å²) in [6.07, 6.45) is -0.181. The summed E-state index contributed by atoms with van der Waals surface area (Å²) in [6, 6.07) is 14.2. The molecule has 0 spiro atoms. The number of esters is 1. The summed E-state index contributed by atoms with van der Waals surface area (Å²) in [6.45, 7) is 3.49. The zero-order valence-corrected chi connectivity index (χ0v) is 15.2. The van der Waals surface area contributed by atoms with Gasteiger partial charge in [-0.05, 0) is 44.2 Å². The number of amides is 1. The first-order chi connectivity index (χ1) is 12.5. The number of hydrogen-bond acceptors (Lipinski definition) is 6. The SMILES string of the molecule is CC(C)OC(=O)c1ccc2nc(NC(=O)COc3ccccc3)sc2c1. The van der Waals surface area contributed by atoms with E-state index in [0.717, 1.165) is 4.70 Å². The molecule has 0 bridgehead atoms. The minimum absolute atomic E-state index is 0.105. The van der Waals surface area contributed by atoms with E-state index in [4.69, 9.17) is 9.47 Å². The highest BCUT2D eigenvalue weighted by Gasteiger charge is 2.13. The van der Waals surface area contributed by atoms with Crippen molar-refractivity contribution in [3.05, 3.63) is 54.1 Å². The van der Waals surface area contributed by atoms with Crippen LogP contribution in [0.4, 0.5) is 5.13 Å². The van der Waals surface area contributed by atoms with Crippen LogP contribution in [0.5, 0.6) is 5.75 Å². The zero-order valence-electron chi connectivity index (χ0n) is 14.4. The molecule has 3 aromatic rings. The number of rotatable bonds is 6. The van der Waals surface area contributed by atoms with Crippen LogP contribution in [0.3, 0.4) is 0 Å². The number of carbonyl (C=O) groups excluding carboxylic acids is 2. The number of nitrogens with one attached hydrogen (secondary N) is 1. The minimum atomic E-state index is -0.378. The Hall–Kier alpha value is -2.93. The van der Waals surface area contributed by atoms with Crippen molar-refractivity contribution < 1.29 is 19.1 Å². The fraction of sp³-hybridized carbons (Fsp3) is 0.211. The third-order valence-corrected chi connectivity index (χ3v) is 4.26. The van der Waals surface area contributed by atoms with E-state index in [-0.39, 0.29) is 24.6 Å². The van der Waals surface area contributed by atoms with Gasteiger partial charge in [0.2, 0.25) is 0 Å². The van der Waals surface area contributed by atoms with Gasteiger partial charge < -0.3 is 9.47 Å². The molecular formula is C19H18N2O4S. The maximum absolute atomic E-state index is 12.0. The Morgan fingerprint density at radius 1 is 1.15 bits per heavy atom. The molecule has 1 heterocycles. The lowest BCUT2D eigenvalue weighted by atomic mass is 10.2. The van der Waals surface area contributed by atoms with Crippen molar-refractivity contribution in [2.24, 2.45) is 0 Å². The average Bonchev–Trinajstić information content (AvgIpc) is 3.01. The third-order valence-electron chi connectivity index (χ3n) is 3.33. The lowest BCUT2D eigenvalue weighted by Crippen LogP contribution is -2.19. The van der Waals surface area contributed by atoms with Crippen molar-refractivity contribution in [1.82, 2.24) is 4.98 Å². The third kappa shape index (κ3) is 4.58. The fourth-order valence-corrected chi connectivity index (χ4v) is 3.13. The molecule has 0 saturated carbocycles. The summed E-state index contributed by atoms with van der Waals surface area (Å²) in [4.78, 5) is 28.3. The molecule has 7 heteroatoms. The maximum atomic E-state index is 12.0. The van der Waals surface area contributed by atoms with Crippen LogP contribution in [0.1, 0.15) is 24.2 Å². The maximum Gasteiger partial charge on any atom is 0.338 e. The van der Waals surface area contributed by atoms with E-state index in [9.17, 15) is 9.59 Å². The van der Waals surface area contributed by atoms with Crippen LogP contribution in [-0.2, 0) is 9.53 Å². The first-order valence-corrected chi connectivity index (χ1v) is 8.92. The van der Waals surface area contributed by atoms with Crippen LogP contribution in [0, 0.1) is 0 Å². The van der Waals surface area contributed by atoms with Crippen molar-refractivity contribution in [2.75, 3.05) is 11.9 Å². The standard InChI is InChI=1S/C19H18N2O4S/c1-12(2)25-18(23)13-8-9-15-16(10-13)26-19(20-15)21-17(22)11-24-14-6-4-3-5-7-14/h3-10,12H,11H2,1-2H3,(H,20,21,22). The van der Waals surface area contributed by atoms with Gasteiger partial charge in [0.25, 0.3) is 5.91 Å². The predicted molar refractivity (Wildman–Crippen MR) is 101 cm³/mol. The minimum Gasteiger partial charge on any atom is -0.484 e. The summed E-state index contributed by atoms with van der Waals surface area (Å²) in [5.74, 6) is -0.0512. The van der Waals surface area contributed by atoms with Crippen molar-refractivity contribution in [2.45, 2.75) is 20.0 Å². The van der Waals surface area contributed by atoms with E-state index >= 15 is 0 Å². The molecular weight excluding hydrogens is 352 g/mol. The van der Waals surface area contributed by atoms with Crippen LogP contribution in [0.15, 0.2) is 48.5 Å². The van der Waals surface area contributed by atoms with Crippen molar-refractivity contribution in [3.8, 4) is 5.75 Å². The molecule has 6 nitrogen and oxygen atoms in total. The molecule has 0 radical (unpaired) electrons. The molecule has 134 valence electrons. The topological polar surface area (TPSA) is 77.5 Å². The number of para-hydroxylation sites is 1. The fourth-order valence-electron chi connectivity index (χ4n) is 2.21. The van der Waals surface area contributed by atoms with Crippen molar-refractivity contribution in [3.63, 3.8) is 0 Å². The Morgan fingerprint density at radius 3 is 2.65 bits per heavy atom. The number of nitrogens with zero attached hydrogens (tertiary/aromatic N) is 1. The van der Waals surface area contributed by atoms with Crippen LogP contribution >= 0.6 is 11.3 Å². The molecule has 2 aromatic carbocycles. The van der Waals surface area contributed by atoms with Gasteiger partial charge in [0.05, 0.1) is 21.9 Å². The van der Waals surface area contributed by atoms with Gasteiger partial charge in [-0.1, -0.05) is 29.5 Å². The van der Waals surface area contributed by atoms with Gasteiger partial charge in [-0.15, -0.1) is 0 Å². The summed E-state index contributed by atoms with van der Waals surface area (Å²) in [7, 11) is 0.